The Labute approximate surface area is 119 Å². The number of hydrogen-bond donors (Lipinski definition) is 1. The summed E-state index contributed by atoms with van der Waals surface area (Å²) in [7, 11) is 3.55. The van der Waals surface area contributed by atoms with Gasteiger partial charge in [0.25, 0.3) is 0 Å². The predicted octanol–water partition coefficient (Wildman–Crippen LogP) is 1.78. The molecule has 0 fully saturated rings. The van der Waals surface area contributed by atoms with Gasteiger partial charge in [0.15, 0.2) is 0 Å². The number of nitrogens with two attached hydrogens (primary N) is 1. The molecule has 0 spiro atoms. The van der Waals surface area contributed by atoms with Gasteiger partial charge in [0, 0.05) is 43.3 Å². The molecule has 0 atom stereocenters. The monoisotopic (exact) mass is 281 g/mol. The largest absolute Gasteiger partial charge is 0.362 e. The number of anilines is 1. The van der Waals surface area contributed by atoms with E-state index in [4.69, 9.17) is 5.73 Å². The van der Waals surface area contributed by atoms with Crippen LogP contribution in [0.4, 0.5) is 5.69 Å². The van der Waals surface area contributed by atoms with Gasteiger partial charge >= 0.3 is 0 Å². The Hall–Kier alpha value is -1.20. The number of likely N-dealkylation sites (N-methyl/N-ethyl adjacent to an activating group) is 2. The van der Waals surface area contributed by atoms with Gasteiger partial charge in [-0.1, -0.05) is 6.07 Å². The highest BCUT2D eigenvalue weighted by molar-refractivity contribution is 7.98. The summed E-state index contributed by atoms with van der Waals surface area (Å²) in [5.41, 5.74) is 8.05. The van der Waals surface area contributed by atoms with Gasteiger partial charge in [-0.2, -0.15) is 0 Å². The molecule has 0 aromatic heterocycles. The zero-order chi connectivity index (χ0) is 14.4. The van der Waals surface area contributed by atoms with Gasteiger partial charge in [-0.25, -0.2) is 0 Å². The summed E-state index contributed by atoms with van der Waals surface area (Å²) in [5, 5.41) is 0. The summed E-state index contributed by atoms with van der Waals surface area (Å²) >= 11 is 1.69. The molecular weight excluding hydrogens is 258 g/mol. The van der Waals surface area contributed by atoms with Gasteiger partial charge in [-0.15, -0.1) is 11.8 Å². The maximum atomic E-state index is 11.9. The van der Waals surface area contributed by atoms with Crippen LogP contribution in [0.2, 0.25) is 0 Å². The van der Waals surface area contributed by atoms with Gasteiger partial charge in [-0.3, -0.25) is 4.79 Å². The Kier molecular flexibility index (Phi) is 6.18. The average molecular weight is 281 g/mol. The van der Waals surface area contributed by atoms with E-state index in [1.54, 1.807) is 30.8 Å². The van der Waals surface area contributed by atoms with E-state index >= 15 is 0 Å². The van der Waals surface area contributed by atoms with E-state index in [2.05, 4.69) is 17.9 Å². The zero-order valence-electron chi connectivity index (χ0n) is 12.1. The molecule has 106 valence electrons. The number of nitrogens with zero attached hydrogens (tertiary/aromatic N) is 2. The molecule has 0 aliphatic carbocycles. The number of amides is 1. The molecule has 0 saturated heterocycles. The van der Waals surface area contributed by atoms with Crippen molar-refractivity contribution < 1.29 is 4.79 Å². The van der Waals surface area contributed by atoms with Gasteiger partial charge < -0.3 is 15.5 Å². The minimum Gasteiger partial charge on any atom is -0.362 e. The maximum Gasteiger partial charge on any atom is 0.241 e. The van der Waals surface area contributed by atoms with Gasteiger partial charge in [0.05, 0.1) is 6.54 Å². The summed E-state index contributed by atoms with van der Waals surface area (Å²) < 4.78 is 0. The average Bonchev–Trinajstić information content (AvgIpc) is 2.43. The molecule has 1 aromatic rings. The molecule has 0 aliphatic rings. The van der Waals surface area contributed by atoms with Gasteiger partial charge in [-0.05, 0) is 25.3 Å². The first-order valence-electron chi connectivity index (χ1n) is 6.36. The lowest BCUT2D eigenvalue weighted by Gasteiger charge is -2.27. The number of carbonyl (C=O) groups is 1. The second kappa shape index (κ2) is 7.40. The minimum atomic E-state index is 0.0966. The normalized spacial score (nSPS) is 10.4. The van der Waals surface area contributed by atoms with Crippen LogP contribution < -0.4 is 10.6 Å². The predicted molar refractivity (Wildman–Crippen MR) is 82.7 cm³/mol. The van der Waals surface area contributed by atoms with E-state index in [0.717, 1.165) is 17.8 Å². The summed E-state index contributed by atoms with van der Waals surface area (Å²) in [6, 6.07) is 6.12. The Morgan fingerprint density at radius 2 is 2.05 bits per heavy atom. The Bertz CT molecular complexity index is 435. The van der Waals surface area contributed by atoms with Crippen molar-refractivity contribution in [1.29, 1.82) is 0 Å². The van der Waals surface area contributed by atoms with Crippen molar-refractivity contribution in [2.75, 3.05) is 38.3 Å². The number of rotatable bonds is 6. The number of hydrogen-bond acceptors (Lipinski definition) is 4. The molecule has 0 saturated carbocycles. The van der Waals surface area contributed by atoms with Crippen LogP contribution in [0.25, 0.3) is 0 Å². The molecule has 0 bridgehead atoms. The zero-order valence-corrected chi connectivity index (χ0v) is 13.0. The van der Waals surface area contributed by atoms with Crippen LogP contribution in [0.3, 0.4) is 0 Å². The van der Waals surface area contributed by atoms with Crippen LogP contribution in [-0.4, -0.2) is 44.2 Å². The lowest BCUT2D eigenvalue weighted by atomic mass is 10.1. The number of thioether (sulfide) groups is 1. The fourth-order valence-electron chi connectivity index (χ4n) is 1.92. The van der Waals surface area contributed by atoms with E-state index in [9.17, 15) is 4.79 Å². The van der Waals surface area contributed by atoms with E-state index < -0.39 is 0 Å². The highest BCUT2D eigenvalue weighted by Gasteiger charge is 2.15. The van der Waals surface area contributed by atoms with Crippen LogP contribution in [0.15, 0.2) is 23.1 Å². The van der Waals surface area contributed by atoms with Crippen LogP contribution in [0, 0.1) is 0 Å². The maximum absolute atomic E-state index is 11.9. The topological polar surface area (TPSA) is 49.6 Å². The third-order valence-electron chi connectivity index (χ3n) is 3.08. The molecule has 2 N–H and O–H groups in total. The molecule has 0 aliphatic heterocycles. The second-order valence-electron chi connectivity index (χ2n) is 4.46. The smallest absolute Gasteiger partial charge is 0.241 e. The minimum absolute atomic E-state index is 0.0966. The molecular formula is C14H23N3OS. The molecule has 0 unspecified atom stereocenters. The Balaban J connectivity index is 3.07. The molecule has 4 nitrogen and oxygen atoms in total. The van der Waals surface area contributed by atoms with Crippen molar-refractivity contribution in [3.8, 4) is 0 Å². The molecule has 1 rings (SSSR count). The third kappa shape index (κ3) is 3.88. The van der Waals surface area contributed by atoms with Crippen molar-refractivity contribution in [3.05, 3.63) is 23.8 Å². The van der Waals surface area contributed by atoms with E-state index in [-0.39, 0.29) is 5.91 Å². The second-order valence-corrected chi connectivity index (χ2v) is 5.31. The van der Waals surface area contributed by atoms with Crippen molar-refractivity contribution in [3.63, 3.8) is 0 Å². The first-order chi connectivity index (χ1) is 9.04. The molecule has 19 heavy (non-hydrogen) atoms. The number of benzene rings is 1. The standard InChI is InChI=1S/C14H23N3OS/c1-5-17(10-14(18)16(2)3)12-7-6-8-13(19-4)11(12)9-15/h6-8H,5,9-10,15H2,1-4H3. The Morgan fingerprint density at radius 3 is 2.53 bits per heavy atom. The Morgan fingerprint density at radius 1 is 1.37 bits per heavy atom. The van der Waals surface area contributed by atoms with Crippen LogP contribution >= 0.6 is 11.8 Å². The molecule has 0 radical (unpaired) electrons. The van der Waals surface area contributed by atoms with E-state index in [1.807, 2.05) is 18.4 Å². The van der Waals surface area contributed by atoms with Gasteiger partial charge in [0.1, 0.15) is 0 Å². The van der Waals surface area contributed by atoms with Crippen LogP contribution in [0.5, 0.6) is 0 Å². The summed E-state index contributed by atoms with van der Waals surface area (Å²) in [4.78, 5) is 16.8. The fourth-order valence-corrected chi connectivity index (χ4v) is 2.57. The van der Waals surface area contributed by atoms with Crippen LogP contribution in [-0.2, 0) is 11.3 Å². The third-order valence-corrected chi connectivity index (χ3v) is 3.90. The summed E-state index contributed by atoms with van der Waals surface area (Å²) in [6.45, 7) is 3.70. The van der Waals surface area contributed by atoms with Crippen molar-refractivity contribution >= 4 is 23.4 Å². The quantitative estimate of drug-likeness (QED) is 0.808. The molecule has 1 aromatic carbocycles. The molecule has 5 heteroatoms. The first kappa shape index (κ1) is 15.9. The van der Waals surface area contributed by atoms with Crippen molar-refractivity contribution in [2.45, 2.75) is 18.4 Å². The molecule has 0 heterocycles. The first-order valence-corrected chi connectivity index (χ1v) is 7.58. The lowest BCUT2D eigenvalue weighted by molar-refractivity contribution is -0.127. The van der Waals surface area contributed by atoms with Crippen molar-refractivity contribution in [2.24, 2.45) is 5.73 Å². The van der Waals surface area contributed by atoms with Crippen LogP contribution in [0.1, 0.15) is 12.5 Å². The number of carbonyl (C=O) groups excluding carboxylic acids is 1. The van der Waals surface area contributed by atoms with E-state index in [0.29, 0.717) is 13.1 Å². The van der Waals surface area contributed by atoms with Crippen molar-refractivity contribution in [1.82, 2.24) is 4.90 Å². The highest BCUT2D eigenvalue weighted by atomic mass is 32.2. The highest BCUT2D eigenvalue weighted by Crippen LogP contribution is 2.29. The lowest BCUT2D eigenvalue weighted by Crippen LogP contribution is -2.37. The molecule has 1 amide bonds. The van der Waals surface area contributed by atoms with E-state index in [1.165, 1.54) is 4.90 Å². The summed E-state index contributed by atoms with van der Waals surface area (Å²) in [5.74, 6) is 0.0966. The fraction of sp³-hybridized carbons (Fsp3) is 0.500. The SMILES string of the molecule is CCN(CC(=O)N(C)C)c1cccc(SC)c1CN. The van der Waals surface area contributed by atoms with Gasteiger partial charge in [0.2, 0.25) is 5.91 Å². The summed E-state index contributed by atoms with van der Waals surface area (Å²) in [6.07, 6.45) is 2.04.